The number of aryl methyl sites for hydroxylation is 1. The van der Waals surface area contributed by atoms with E-state index in [0.717, 1.165) is 34.2 Å². The van der Waals surface area contributed by atoms with Gasteiger partial charge < -0.3 is 19.3 Å². The van der Waals surface area contributed by atoms with Gasteiger partial charge >= 0.3 is 0 Å². The smallest absolute Gasteiger partial charge is 0.185 e. The molecule has 1 atom stereocenters. The molecule has 4 nitrogen and oxygen atoms in total. The fourth-order valence-corrected chi connectivity index (χ4v) is 10.2. The van der Waals surface area contributed by atoms with Crippen molar-refractivity contribution in [1.82, 2.24) is 0 Å². The zero-order valence-corrected chi connectivity index (χ0v) is 41.4. The molecule has 0 spiro atoms. The van der Waals surface area contributed by atoms with Gasteiger partial charge in [0.25, 0.3) is 0 Å². The van der Waals surface area contributed by atoms with Crippen molar-refractivity contribution in [2.24, 2.45) is 0 Å². The second-order valence-electron chi connectivity index (χ2n) is 23.1. The molecule has 0 saturated heterocycles. The van der Waals surface area contributed by atoms with E-state index in [1.807, 2.05) is 0 Å². The Kier molecular flexibility index (Phi) is 10.2. The zero-order valence-electron chi connectivity index (χ0n) is 41.4. The van der Waals surface area contributed by atoms with E-state index in [1.165, 1.54) is 78.1 Å². The first-order chi connectivity index (χ1) is 31.1. The van der Waals surface area contributed by atoms with Crippen molar-refractivity contribution in [2.75, 3.05) is 23.0 Å². The third-order valence-electron chi connectivity index (χ3n) is 14.1. The van der Waals surface area contributed by atoms with Crippen LogP contribution in [0.25, 0.3) is 22.3 Å². The molecular weight excluding hydrogens is 805 g/mol. The molecule has 0 aromatic heterocycles. The van der Waals surface area contributed by atoms with E-state index in [2.05, 4.69) is 233 Å². The molecule has 3 aliphatic rings. The third kappa shape index (κ3) is 7.57. The second kappa shape index (κ2) is 15.4. The SMILES string of the molecule is Cc1cc2c3c(c1)N(c1ccc(C(C)(C)C)cc1)c1c(ccc4c1OCCO4)C3c1cc(C(C)(C)C)ccc1N2c1cc(-c2ccc(C(C)(C)C)cc2)cc(-c2ccc(C(C)(C)C)cc2)c1. The number of ether oxygens (including phenoxy) is 2. The minimum Gasteiger partial charge on any atom is -0.486 e. The monoisotopic (exact) mass is 871 g/mol. The average Bonchev–Trinajstić information content (AvgIpc) is 3.27. The molecule has 0 amide bonds. The maximum absolute atomic E-state index is 6.68. The summed E-state index contributed by atoms with van der Waals surface area (Å²) in [5.41, 5.74) is 22.0. The highest BCUT2D eigenvalue weighted by molar-refractivity contribution is 5.99. The highest BCUT2D eigenvalue weighted by Crippen LogP contribution is 2.64. The summed E-state index contributed by atoms with van der Waals surface area (Å²) in [6, 6.07) is 51.3. The van der Waals surface area contributed by atoms with Gasteiger partial charge in [-0.3, -0.25) is 0 Å². The van der Waals surface area contributed by atoms with Gasteiger partial charge in [0.1, 0.15) is 13.2 Å². The quantitative estimate of drug-likeness (QED) is 0.176. The summed E-state index contributed by atoms with van der Waals surface area (Å²) in [6.45, 7) is 30.8. The van der Waals surface area contributed by atoms with E-state index in [9.17, 15) is 0 Å². The maximum Gasteiger partial charge on any atom is 0.185 e. The van der Waals surface area contributed by atoms with Crippen LogP contribution in [0.1, 0.15) is 134 Å². The molecule has 0 saturated carbocycles. The predicted octanol–water partition coefficient (Wildman–Crippen LogP) is 17.0. The van der Waals surface area contributed by atoms with E-state index in [0.29, 0.717) is 13.2 Å². The standard InChI is InChI=1S/C62H66N2O2/c1-38-32-52-56-53(33-38)64(47-25-22-45(23-26-47)61(8,9)10)57-49(27-29-54-58(57)66-31-30-65-54)55(56)50-37-46(62(11,12)13)24-28-51(50)63(52)48-35-41(39-14-18-43(19-15-39)59(2,3)4)34-42(36-48)40-16-20-44(21-17-40)60(5,6)7/h14-29,32-37,55H,30-31H2,1-13H3. The van der Waals surface area contributed by atoms with Gasteiger partial charge in [0, 0.05) is 22.9 Å². The van der Waals surface area contributed by atoms with Gasteiger partial charge in [-0.05, 0) is 144 Å². The minimum absolute atomic E-state index is 0.0215. The lowest BCUT2D eigenvalue weighted by molar-refractivity contribution is 0.172. The van der Waals surface area contributed by atoms with Crippen LogP contribution in [0.5, 0.6) is 11.5 Å². The number of nitrogens with zero attached hydrogens (tertiary/aromatic N) is 2. The van der Waals surface area contributed by atoms with Crippen molar-refractivity contribution in [2.45, 2.75) is 118 Å². The van der Waals surface area contributed by atoms with E-state index < -0.39 is 0 Å². The fraction of sp³-hybridized carbons (Fsp3) is 0.323. The summed E-state index contributed by atoms with van der Waals surface area (Å²) in [6.07, 6.45) is 0. The van der Waals surface area contributed by atoms with Crippen LogP contribution in [0.3, 0.4) is 0 Å². The molecule has 66 heavy (non-hydrogen) atoms. The Morgan fingerprint density at radius 1 is 0.409 bits per heavy atom. The number of benzene rings is 7. The van der Waals surface area contributed by atoms with Crippen LogP contribution in [0.2, 0.25) is 0 Å². The molecule has 336 valence electrons. The van der Waals surface area contributed by atoms with Gasteiger partial charge in [0.2, 0.25) is 0 Å². The van der Waals surface area contributed by atoms with Crippen LogP contribution in [-0.4, -0.2) is 13.2 Å². The third-order valence-corrected chi connectivity index (χ3v) is 14.1. The number of anilines is 6. The van der Waals surface area contributed by atoms with Gasteiger partial charge in [0.15, 0.2) is 11.5 Å². The van der Waals surface area contributed by atoms with Gasteiger partial charge in [-0.15, -0.1) is 0 Å². The first-order valence-electron chi connectivity index (χ1n) is 23.9. The van der Waals surface area contributed by atoms with Crippen molar-refractivity contribution in [3.05, 3.63) is 178 Å². The Morgan fingerprint density at radius 3 is 1.42 bits per heavy atom. The summed E-state index contributed by atoms with van der Waals surface area (Å²) < 4.78 is 13.0. The molecule has 4 heteroatoms. The van der Waals surface area contributed by atoms with E-state index in [4.69, 9.17) is 9.47 Å². The Labute approximate surface area is 394 Å². The highest BCUT2D eigenvalue weighted by atomic mass is 16.6. The normalized spacial score (nSPS) is 15.6. The van der Waals surface area contributed by atoms with Crippen LogP contribution >= 0.6 is 0 Å². The average molecular weight is 871 g/mol. The molecule has 1 unspecified atom stereocenters. The minimum atomic E-state index is -0.0626. The zero-order chi connectivity index (χ0) is 46.7. The molecule has 0 bridgehead atoms. The van der Waals surface area contributed by atoms with E-state index in [1.54, 1.807) is 0 Å². The molecule has 0 radical (unpaired) electrons. The lowest BCUT2D eigenvalue weighted by Gasteiger charge is -2.46. The first-order valence-corrected chi connectivity index (χ1v) is 23.9. The highest BCUT2D eigenvalue weighted by Gasteiger charge is 2.44. The summed E-state index contributed by atoms with van der Waals surface area (Å²) in [5.74, 6) is 1.55. The molecule has 7 aromatic carbocycles. The lowest BCUT2D eigenvalue weighted by Crippen LogP contribution is -2.31. The topological polar surface area (TPSA) is 24.9 Å². The van der Waals surface area contributed by atoms with Crippen LogP contribution < -0.4 is 19.3 Å². The number of hydrogen-bond acceptors (Lipinski definition) is 4. The second-order valence-corrected chi connectivity index (χ2v) is 23.1. The van der Waals surface area contributed by atoms with Crippen LogP contribution in [0.15, 0.2) is 133 Å². The van der Waals surface area contributed by atoms with Gasteiger partial charge in [-0.25, -0.2) is 0 Å². The van der Waals surface area contributed by atoms with E-state index in [-0.39, 0.29) is 27.6 Å². The molecule has 3 heterocycles. The van der Waals surface area contributed by atoms with Crippen molar-refractivity contribution in [3.63, 3.8) is 0 Å². The fourth-order valence-electron chi connectivity index (χ4n) is 10.2. The molecular formula is C62H66N2O2. The molecule has 10 rings (SSSR count). The Morgan fingerprint density at radius 2 is 0.894 bits per heavy atom. The molecule has 0 aliphatic carbocycles. The molecule has 0 N–H and O–H groups in total. The molecule has 0 fully saturated rings. The van der Waals surface area contributed by atoms with Crippen LogP contribution in [0.4, 0.5) is 34.1 Å². The summed E-state index contributed by atoms with van der Waals surface area (Å²) in [4.78, 5) is 5.03. The van der Waals surface area contributed by atoms with Gasteiger partial charge in [-0.1, -0.05) is 162 Å². The summed E-state index contributed by atoms with van der Waals surface area (Å²) in [7, 11) is 0. The van der Waals surface area contributed by atoms with Gasteiger partial charge in [0.05, 0.1) is 22.7 Å². The Hall–Kier alpha value is -6.26. The van der Waals surface area contributed by atoms with Crippen LogP contribution in [-0.2, 0) is 21.7 Å². The van der Waals surface area contributed by atoms with Crippen molar-refractivity contribution in [1.29, 1.82) is 0 Å². The first kappa shape index (κ1) is 43.6. The van der Waals surface area contributed by atoms with Gasteiger partial charge in [-0.2, -0.15) is 0 Å². The number of fused-ring (bicyclic) bond motifs is 6. The van der Waals surface area contributed by atoms with Crippen molar-refractivity contribution >= 4 is 34.1 Å². The number of hydrogen-bond donors (Lipinski definition) is 0. The maximum atomic E-state index is 6.68. The molecule has 7 aromatic rings. The van der Waals surface area contributed by atoms with Crippen molar-refractivity contribution in [3.8, 4) is 33.8 Å². The van der Waals surface area contributed by atoms with Crippen LogP contribution in [0, 0.1) is 6.92 Å². The Balaban J connectivity index is 1.26. The molecule has 3 aliphatic heterocycles. The van der Waals surface area contributed by atoms with Crippen molar-refractivity contribution < 1.29 is 9.47 Å². The predicted molar refractivity (Wildman–Crippen MR) is 278 cm³/mol. The van der Waals surface area contributed by atoms with E-state index >= 15 is 0 Å². The largest absolute Gasteiger partial charge is 0.486 e. The summed E-state index contributed by atoms with van der Waals surface area (Å²) in [5, 5.41) is 0. The summed E-state index contributed by atoms with van der Waals surface area (Å²) >= 11 is 0. The lowest BCUT2D eigenvalue weighted by atomic mass is 9.73. The number of rotatable bonds is 4. The Bertz CT molecular complexity index is 2930.